The van der Waals surface area contributed by atoms with E-state index >= 15 is 0 Å². The van der Waals surface area contributed by atoms with Crippen LogP contribution >= 0.6 is 0 Å². The van der Waals surface area contributed by atoms with Gasteiger partial charge in [-0.3, -0.25) is 0 Å². The van der Waals surface area contributed by atoms with Crippen LogP contribution in [0.1, 0.15) is 13.8 Å². The fourth-order valence-electron chi connectivity index (χ4n) is 1.34. The van der Waals surface area contributed by atoms with Crippen LogP contribution in [0, 0.1) is 5.82 Å². The number of hydrogen-bond acceptors (Lipinski definition) is 4. The van der Waals surface area contributed by atoms with Crippen molar-refractivity contribution in [1.29, 1.82) is 0 Å². The predicted octanol–water partition coefficient (Wildman–Crippen LogP) is 0.612. The van der Waals surface area contributed by atoms with E-state index < -0.39 is 26.5 Å². The van der Waals surface area contributed by atoms with Gasteiger partial charge >= 0.3 is 0 Å². The smallest absolute Gasteiger partial charge is 0.263 e. The van der Waals surface area contributed by atoms with Crippen molar-refractivity contribution < 1.29 is 17.9 Å². The lowest BCUT2D eigenvalue weighted by Gasteiger charge is -2.24. The number of likely N-dealkylation sites (N-methyl/N-ethyl adjacent to an activating group) is 1. The summed E-state index contributed by atoms with van der Waals surface area (Å²) in [4.78, 5) is 3.51. The van der Waals surface area contributed by atoms with Crippen LogP contribution in [0.3, 0.4) is 0 Å². The largest absolute Gasteiger partial charge is 0.389 e. The van der Waals surface area contributed by atoms with Crippen LogP contribution < -0.4 is 0 Å². The number of nitrogens with zero attached hydrogens (tertiary/aromatic N) is 2. The van der Waals surface area contributed by atoms with Gasteiger partial charge in [0.1, 0.15) is 0 Å². The van der Waals surface area contributed by atoms with Gasteiger partial charge in [-0.1, -0.05) is 0 Å². The van der Waals surface area contributed by atoms with Gasteiger partial charge in [-0.15, -0.1) is 0 Å². The Morgan fingerprint density at radius 1 is 1.53 bits per heavy atom. The third-order valence-corrected chi connectivity index (χ3v) is 3.73. The summed E-state index contributed by atoms with van der Waals surface area (Å²) in [6, 6.07) is 2.34. The third-order valence-electron chi connectivity index (χ3n) is 1.99. The molecule has 1 aromatic rings. The SMILES string of the molecule is CN(CC(C)(C)O)S(=O)(=O)c1ncccc1F. The molecule has 96 valence electrons. The molecule has 0 radical (unpaired) electrons. The molecule has 0 unspecified atom stereocenters. The fraction of sp³-hybridized carbons (Fsp3) is 0.500. The summed E-state index contributed by atoms with van der Waals surface area (Å²) in [6.45, 7) is 2.78. The lowest BCUT2D eigenvalue weighted by molar-refractivity contribution is 0.0639. The van der Waals surface area contributed by atoms with Crippen molar-refractivity contribution in [2.24, 2.45) is 0 Å². The van der Waals surface area contributed by atoms with Gasteiger partial charge in [0.05, 0.1) is 5.60 Å². The minimum Gasteiger partial charge on any atom is -0.389 e. The highest BCUT2D eigenvalue weighted by Crippen LogP contribution is 2.17. The van der Waals surface area contributed by atoms with E-state index in [4.69, 9.17) is 0 Å². The molecule has 0 amide bonds. The second kappa shape index (κ2) is 4.67. The van der Waals surface area contributed by atoms with Crippen molar-refractivity contribution in [3.8, 4) is 0 Å². The van der Waals surface area contributed by atoms with Crippen molar-refractivity contribution in [2.45, 2.75) is 24.5 Å². The zero-order valence-electron chi connectivity index (χ0n) is 9.88. The van der Waals surface area contributed by atoms with Gasteiger partial charge in [-0.2, -0.15) is 4.31 Å². The van der Waals surface area contributed by atoms with E-state index in [-0.39, 0.29) is 6.54 Å². The number of rotatable bonds is 4. The molecule has 0 saturated heterocycles. The first-order valence-corrected chi connectivity index (χ1v) is 6.38. The average Bonchev–Trinajstić information content (AvgIpc) is 2.15. The first-order chi connectivity index (χ1) is 7.64. The topological polar surface area (TPSA) is 70.5 Å². The minimum atomic E-state index is -4.02. The van der Waals surface area contributed by atoms with E-state index in [2.05, 4.69) is 4.98 Å². The lowest BCUT2D eigenvalue weighted by atomic mass is 10.1. The normalized spacial score (nSPS) is 13.1. The van der Waals surface area contributed by atoms with Crippen molar-refractivity contribution in [2.75, 3.05) is 13.6 Å². The van der Waals surface area contributed by atoms with Crippen molar-refractivity contribution in [3.05, 3.63) is 24.1 Å². The van der Waals surface area contributed by atoms with Gasteiger partial charge in [0.15, 0.2) is 5.82 Å². The first-order valence-electron chi connectivity index (χ1n) is 4.94. The summed E-state index contributed by atoms with van der Waals surface area (Å²) in [5.41, 5.74) is -1.20. The Bertz CT molecular complexity index is 497. The van der Waals surface area contributed by atoms with E-state index in [9.17, 15) is 17.9 Å². The minimum absolute atomic E-state index is 0.147. The molecule has 17 heavy (non-hydrogen) atoms. The zero-order valence-corrected chi connectivity index (χ0v) is 10.7. The maximum absolute atomic E-state index is 13.3. The van der Waals surface area contributed by atoms with Gasteiger partial charge in [0, 0.05) is 19.8 Å². The molecular formula is C10H15FN2O3S. The van der Waals surface area contributed by atoms with Crippen molar-refractivity contribution >= 4 is 10.0 Å². The van der Waals surface area contributed by atoms with E-state index in [0.29, 0.717) is 0 Å². The van der Waals surface area contributed by atoms with E-state index in [1.807, 2.05) is 0 Å². The second-order valence-electron chi connectivity index (χ2n) is 4.36. The number of hydrogen-bond donors (Lipinski definition) is 1. The van der Waals surface area contributed by atoms with Crippen LogP contribution in [-0.4, -0.2) is 42.0 Å². The lowest BCUT2D eigenvalue weighted by Crippen LogP contribution is -2.40. The number of halogens is 1. The fourth-order valence-corrected chi connectivity index (χ4v) is 2.63. The molecule has 0 fully saturated rings. The van der Waals surface area contributed by atoms with Crippen molar-refractivity contribution in [3.63, 3.8) is 0 Å². The maximum atomic E-state index is 13.3. The van der Waals surface area contributed by atoms with Gasteiger partial charge in [-0.05, 0) is 26.0 Å². The van der Waals surface area contributed by atoms with Crippen LogP contribution in [0.5, 0.6) is 0 Å². The molecular weight excluding hydrogens is 247 g/mol. The standard InChI is InChI=1S/C10H15FN2O3S/c1-10(2,14)7-13(3)17(15,16)9-8(11)5-4-6-12-9/h4-6,14H,7H2,1-3H3. The molecule has 5 nitrogen and oxygen atoms in total. The van der Waals surface area contributed by atoms with Gasteiger partial charge in [0.25, 0.3) is 10.0 Å². The van der Waals surface area contributed by atoms with E-state index in [0.717, 1.165) is 10.4 Å². The number of sulfonamides is 1. The zero-order chi connectivity index (χ0) is 13.3. The first kappa shape index (κ1) is 14.0. The van der Waals surface area contributed by atoms with Crippen LogP contribution in [0.2, 0.25) is 0 Å². The summed E-state index contributed by atoms with van der Waals surface area (Å²) in [7, 11) is -2.75. The maximum Gasteiger partial charge on any atom is 0.263 e. The van der Waals surface area contributed by atoms with Gasteiger partial charge < -0.3 is 5.11 Å². The molecule has 0 aliphatic heterocycles. The highest BCUT2D eigenvalue weighted by molar-refractivity contribution is 7.89. The molecule has 0 spiro atoms. The number of aromatic nitrogens is 1. The van der Waals surface area contributed by atoms with Gasteiger partial charge in [0.2, 0.25) is 5.03 Å². The Labute approximate surface area is 100.0 Å². The van der Waals surface area contributed by atoms with E-state index in [1.54, 1.807) is 0 Å². The van der Waals surface area contributed by atoms with Crippen molar-refractivity contribution in [1.82, 2.24) is 9.29 Å². The summed E-state index contributed by atoms with van der Waals surface area (Å²) < 4.78 is 38.1. The molecule has 0 aromatic carbocycles. The summed E-state index contributed by atoms with van der Waals surface area (Å²) in [6.07, 6.45) is 1.20. The third kappa shape index (κ3) is 3.45. The van der Waals surface area contributed by atoms with Gasteiger partial charge in [-0.25, -0.2) is 17.8 Å². The molecule has 7 heteroatoms. The molecule has 1 aromatic heterocycles. The Hall–Kier alpha value is -1.05. The average molecular weight is 262 g/mol. The summed E-state index contributed by atoms with van der Waals surface area (Å²) in [5.74, 6) is -0.907. The Morgan fingerprint density at radius 3 is 2.59 bits per heavy atom. The number of aliphatic hydroxyl groups is 1. The summed E-state index contributed by atoms with van der Waals surface area (Å²) >= 11 is 0. The Morgan fingerprint density at radius 2 is 2.12 bits per heavy atom. The highest BCUT2D eigenvalue weighted by atomic mass is 32.2. The molecule has 0 aliphatic rings. The Kier molecular flexibility index (Phi) is 3.85. The van der Waals surface area contributed by atoms with Crippen LogP contribution in [0.25, 0.3) is 0 Å². The molecule has 1 heterocycles. The monoisotopic (exact) mass is 262 g/mol. The second-order valence-corrected chi connectivity index (χ2v) is 6.32. The highest BCUT2D eigenvalue weighted by Gasteiger charge is 2.29. The molecule has 0 saturated carbocycles. The molecule has 0 atom stereocenters. The summed E-state index contributed by atoms with van der Waals surface area (Å²) in [5, 5.41) is 8.91. The quantitative estimate of drug-likeness (QED) is 0.863. The predicted molar refractivity (Wildman–Crippen MR) is 60.3 cm³/mol. The van der Waals surface area contributed by atoms with Crippen LogP contribution in [-0.2, 0) is 10.0 Å². The Balaban J connectivity index is 3.09. The number of pyridine rings is 1. The van der Waals surface area contributed by atoms with E-state index in [1.165, 1.54) is 33.2 Å². The molecule has 0 aliphatic carbocycles. The molecule has 0 bridgehead atoms. The van der Waals surface area contributed by atoms with Crippen LogP contribution in [0.15, 0.2) is 23.4 Å². The molecule has 1 N–H and O–H groups in total. The molecule has 1 rings (SSSR count). The van der Waals surface area contributed by atoms with Crippen LogP contribution in [0.4, 0.5) is 4.39 Å².